The number of rotatable bonds is 9. The molecular weight excluding hydrogens is 444 g/mol. The van der Waals surface area contributed by atoms with Crippen LogP contribution in [0.5, 0.6) is 5.75 Å². The summed E-state index contributed by atoms with van der Waals surface area (Å²) < 4.78 is 33.1. The monoisotopic (exact) mass is 466 g/mol. The van der Waals surface area contributed by atoms with Crippen LogP contribution in [-0.2, 0) is 10.0 Å². The van der Waals surface area contributed by atoms with Crippen molar-refractivity contribution in [2.45, 2.75) is 11.8 Å². The number of sulfonamides is 1. The standard InChI is InChI=1S/C23H22N4O5S/c1-17(14-18-8-4-3-5-9-18)16-24-25-20-13-12-19(15-22(20)27(28)29)33(30,31)26-21-10-6-7-11-23(21)32-2/h3-16,25-26H,1-2H3. The summed E-state index contributed by atoms with van der Waals surface area (Å²) in [5, 5.41) is 15.6. The van der Waals surface area contributed by atoms with Crippen molar-refractivity contribution < 1.29 is 18.1 Å². The van der Waals surface area contributed by atoms with Crippen LogP contribution in [0.3, 0.4) is 0 Å². The van der Waals surface area contributed by atoms with Crippen molar-refractivity contribution in [3.8, 4) is 5.75 Å². The number of anilines is 2. The van der Waals surface area contributed by atoms with Gasteiger partial charge in [0.1, 0.15) is 11.4 Å². The smallest absolute Gasteiger partial charge is 0.295 e. The van der Waals surface area contributed by atoms with Crippen LogP contribution in [0.15, 0.2) is 88.4 Å². The minimum atomic E-state index is -4.10. The van der Waals surface area contributed by atoms with E-state index in [1.807, 2.05) is 43.3 Å². The van der Waals surface area contributed by atoms with Crippen LogP contribution < -0.4 is 14.9 Å². The quantitative estimate of drug-likeness (QED) is 0.263. The van der Waals surface area contributed by atoms with Crippen LogP contribution in [0, 0.1) is 10.1 Å². The number of ether oxygens (including phenoxy) is 1. The molecule has 0 saturated carbocycles. The minimum Gasteiger partial charge on any atom is -0.495 e. The zero-order chi connectivity index (χ0) is 23.8. The summed E-state index contributed by atoms with van der Waals surface area (Å²) in [7, 11) is -2.68. The molecule has 3 aromatic carbocycles. The Morgan fingerprint density at radius 2 is 1.73 bits per heavy atom. The van der Waals surface area contributed by atoms with Gasteiger partial charge in [0.25, 0.3) is 15.7 Å². The molecule has 2 N–H and O–H groups in total. The lowest BCUT2D eigenvalue weighted by Crippen LogP contribution is -2.14. The lowest BCUT2D eigenvalue weighted by atomic mass is 10.1. The van der Waals surface area contributed by atoms with E-state index >= 15 is 0 Å². The Morgan fingerprint density at radius 3 is 2.42 bits per heavy atom. The zero-order valence-electron chi connectivity index (χ0n) is 17.9. The van der Waals surface area contributed by atoms with Crippen LogP contribution in [0.2, 0.25) is 0 Å². The molecule has 0 aromatic heterocycles. The Morgan fingerprint density at radius 1 is 1.03 bits per heavy atom. The summed E-state index contributed by atoms with van der Waals surface area (Å²) in [4.78, 5) is 10.6. The Bertz CT molecular complexity index is 1310. The number of hydrazone groups is 1. The zero-order valence-corrected chi connectivity index (χ0v) is 18.7. The molecule has 0 heterocycles. The first-order valence-corrected chi connectivity index (χ1v) is 11.2. The fraction of sp³-hybridized carbons (Fsp3) is 0.0870. The maximum atomic E-state index is 12.8. The van der Waals surface area contributed by atoms with Crippen molar-refractivity contribution >= 4 is 39.4 Å². The number of hydrogen-bond donors (Lipinski definition) is 2. The van der Waals surface area contributed by atoms with Gasteiger partial charge in [0.15, 0.2) is 0 Å². The van der Waals surface area contributed by atoms with E-state index in [2.05, 4.69) is 15.2 Å². The predicted octanol–water partition coefficient (Wildman–Crippen LogP) is 4.91. The van der Waals surface area contributed by atoms with Gasteiger partial charge < -0.3 is 4.74 Å². The highest BCUT2D eigenvalue weighted by Gasteiger charge is 2.22. The second-order valence-corrected chi connectivity index (χ2v) is 8.59. The average Bonchev–Trinajstić information content (AvgIpc) is 2.79. The third kappa shape index (κ3) is 6.17. The van der Waals surface area contributed by atoms with E-state index in [9.17, 15) is 18.5 Å². The maximum Gasteiger partial charge on any atom is 0.295 e. The second-order valence-electron chi connectivity index (χ2n) is 6.91. The Hall–Kier alpha value is -4.18. The average molecular weight is 467 g/mol. The third-order valence-electron chi connectivity index (χ3n) is 4.47. The van der Waals surface area contributed by atoms with Gasteiger partial charge in [-0.3, -0.25) is 20.3 Å². The van der Waals surface area contributed by atoms with Gasteiger partial charge in [0.2, 0.25) is 0 Å². The van der Waals surface area contributed by atoms with Gasteiger partial charge in [0, 0.05) is 6.07 Å². The molecule has 0 aliphatic carbocycles. The van der Waals surface area contributed by atoms with E-state index in [0.717, 1.165) is 17.2 Å². The molecule has 33 heavy (non-hydrogen) atoms. The summed E-state index contributed by atoms with van der Waals surface area (Å²) in [6.45, 7) is 1.84. The number of allylic oxidation sites excluding steroid dienone is 1. The molecule has 0 unspecified atom stereocenters. The number of hydrogen-bond acceptors (Lipinski definition) is 7. The summed E-state index contributed by atoms with van der Waals surface area (Å²) in [6, 6.07) is 19.6. The lowest BCUT2D eigenvalue weighted by Gasteiger charge is -2.12. The highest BCUT2D eigenvalue weighted by Crippen LogP contribution is 2.30. The molecule has 0 aliphatic heterocycles. The van der Waals surface area contributed by atoms with E-state index in [-0.39, 0.29) is 16.3 Å². The van der Waals surface area contributed by atoms with Gasteiger partial charge in [0.05, 0.1) is 28.8 Å². The minimum absolute atomic E-state index is 0.0556. The first-order valence-electron chi connectivity index (χ1n) is 9.77. The van der Waals surface area contributed by atoms with Gasteiger partial charge in [-0.1, -0.05) is 48.5 Å². The molecular formula is C23H22N4O5S. The normalized spacial score (nSPS) is 11.9. The van der Waals surface area contributed by atoms with Crippen molar-refractivity contribution in [3.63, 3.8) is 0 Å². The van der Waals surface area contributed by atoms with Gasteiger partial charge in [-0.2, -0.15) is 5.10 Å². The largest absolute Gasteiger partial charge is 0.495 e. The number of nitrogens with zero attached hydrogens (tertiary/aromatic N) is 2. The van der Waals surface area contributed by atoms with Crippen LogP contribution in [0.1, 0.15) is 12.5 Å². The van der Waals surface area contributed by atoms with Crippen molar-refractivity contribution in [1.82, 2.24) is 0 Å². The van der Waals surface area contributed by atoms with E-state index in [4.69, 9.17) is 4.74 Å². The van der Waals surface area contributed by atoms with Crippen LogP contribution in [-0.4, -0.2) is 26.7 Å². The SMILES string of the molecule is COc1ccccc1NS(=O)(=O)c1ccc(NN=CC(C)=Cc2ccccc2)c([N+](=O)[O-])c1. The fourth-order valence-electron chi connectivity index (χ4n) is 2.91. The number of nitro benzene ring substituents is 1. The summed E-state index contributed by atoms with van der Waals surface area (Å²) >= 11 is 0. The molecule has 0 saturated heterocycles. The molecule has 3 rings (SSSR count). The molecule has 0 fully saturated rings. The van der Waals surface area contributed by atoms with E-state index in [1.165, 1.54) is 31.5 Å². The third-order valence-corrected chi connectivity index (χ3v) is 5.84. The molecule has 0 radical (unpaired) electrons. The van der Waals surface area contributed by atoms with E-state index in [1.54, 1.807) is 18.2 Å². The van der Waals surface area contributed by atoms with Crippen LogP contribution in [0.4, 0.5) is 17.1 Å². The van der Waals surface area contributed by atoms with Gasteiger partial charge >= 0.3 is 0 Å². The fourth-order valence-corrected chi connectivity index (χ4v) is 4.00. The lowest BCUT2D eigenvalue weighted by molar-refractivity contribution is -0.384. The van der Waals surface area contributed by atoms with Crippen molar-refractivity contribution in [1.29, 1.82) is 0 Å². The molecule has 3 aromatic rings. The number of nitrogens with one attached hydrogen (secondary N) is 2. The summed E-state index contributed by atoms with van der Waals surface area (Å²) in [5.41, 5.74) is 4.26. The Balaban J connectivity index is 1.81. The number of nitro groups is 1. The molecule has 0 spiro atoms. The van der Waals surface area contributed by atoms with Crippen LogP contribution in [0.25, 0.3) is 6.08 Å². The molecule has 170 valence electrons. The molecule has 0 atom stereocenters. The first-order chi connectivity index (χ1) is 15.8. The molecule has 0 bridgehead atoms. The summed E-state index contributed by atoms with van der Waals surface area (Å²) in [5.74, 6) is 0.321. The summed E-state index contributed by atoms with van der Waals surface area (Å²) in [6.07, 6.45) is 3.42. The van der Waals surface area contributed by atoms with Gasteiger partial charge in [-0.15, -0.1) is 0 Å². The van der Waals surface area contributed by atoms with E-state index in [0.29, 0.717) is 5.75 Å². The molecule has 10 heteroatoms. The van der Waals surface area contributed by atoms with Crippen molar-refractivity contribution in [2.75, 3.05) is 17.3 Å². The topological polar surface area (TPSA) is 123 Å². The highest BCUT2D eigenvalue weighted by atomic mass is 32.2. The Kier molecular flexibility index (Phi) is 7.42. The number of para-hydroxylation sites is 2. The van der Waals surface area contributed by atoms with Crippen molar-refractivity contribution in [3.05, 3.63) is 94.0 Å². The van der Waals surface area contributed by atoms with Gasteiger partial charge in [-0.25, -0.2) is 8.42 Å². The van der Waals surface area contributed by atoms with E-state index < -0.39 is 20.6 Å². The molecule has 0 aliphatic rings. The van der Waals surface area contributed by atoms with Crippen LogP contribution >= 0.6 is 0 Å². The highest BCUT2D eigenvalue weighted by molar-refractivity contribution is 7.92. The second kappa shape index (κ2) is 10.4. The predicted molar refractivity (Wildman–Crippen MR) is 129 cm³/mol. The Labute approximate surface area is 191 Å². The van der Waals surface area contributed by atoms with Crippen molar-refractivity contribution in [2.24, 2.45) is 5.10 Å². The maximum absolute atomic E-state index is 12.8. The first kappa shape index (κ1) is 23.5. The number of methoxy groups -OCH3 is 1. The number of benzene rings is 3. The van der Waals surface area contributed by atoms with Gasteiger partial charge in [-0.05, 0) is 42.3 Å². The molecule has 9 nitrogen and oxygen atoms in total. The molecule has 0 amide bonds.